The first kappa shape index (κ1) is 19.9. The molecule has 0 saturated carbocycles. The van der Waals surface area contributed by atoms with Crippen molar-refractivity contribution in [2.24, 2.45) is 9.98 Å². The van der Waals surface area contributed by atoms with E-state index in [0.29, 0.717) is 0 Å². The third-order valence-corrected chi connectivity index (χ3v) is 5.17. The Morgan fingerprint density at radius 2 is 1.23 bits per heavy atom. The molecule has 3 aromatic carbocycles. The molecule has 0 unspecified atom stereocenters. The van der Waals surface area contributed by atoms with Gasteiger partial charge in [0.1, 0.15) is 5.84 Å². The van der Waals surface area contributed by atoms with E-state index in [4.69, 9.17) is 9.98 Å². The molecule has 0 spiro atoms. The molecule has 1 saturated heterocycles. The number of anilines is 1. The van der Waals surface area contributed by atoms with Gasteiger partial charge in [-0.15, -0.1) is 0 Å². The number of benzene rings is 3. The van der Waals surface area contributed by atoms with Crippen LogP contribution in [0.15, 0.2) is 101 Å². The van der Waals surface area contributed by atoms with E-state index in [1.54, 1.807) is 0 Å². The van der Waals surface area contributed by atoms with Crippen molar-refractivity contribution in [1.29, 1.82) is 0 Å². The summed E-state index contributed by atoms with van der Waals surface area (Å²) in [7, 11) is 0. The minimum absolute atomic E-state index is 0.769. The molecule has 4 rings (SSSR count). The molecule has 0 aromatic heterocycles. The Bertz CT molecular complexity index is 958. The molecule has 30 heavy (non-hydrogen) atoms. The van der Waals surface area contributed by atoms with Crippen molar-refractivity contribution in [3.8, 4) is 0 Å². The molecular weight excluding hydrogens is 368 g/mol. The van der Waals surface area contributed by atoms with Gasteiger partial charge in [-0.25, -0.2) is 4.99 Å². The molecule has 0 amide bonds. The maximum absolute atomic E-state index is 5.08. The average Bonchev–Trinajstić information content (AvgIpc) is 3.10. The molecule has 152 valence electrons. The van der Waals surface area contributed by atoms with Gasteiger partial charge in [0, 0.05) is 24.3 Å². The van der Waals surface area contributed by atoms with E-state index in [1.165, 1.54) is 25.7 Å². The second kappa shape index (κ2) is 10.4. The summed E-state index contributed by atoms with van der Waals surface area (Å²) in [6.07, 6.45) is 4.89. The fourth-order valence-corrected chi connectivity index (χ4v) is 3.57. The van der Waals surface area contributed by atoms with Gasteiger partial charge in [-0.05, 0) is 37.1 Å². The first-order valence-corrected chi connectivity index (χ1v) is 10.7. The number of guanidine groups is 1. The summed E-state index contributed by atoms with van der Waals surface area (Å²) in [5, 5.41) is 3.51. The highest BCUT2D eigenvalue weighted by Gasteiger charge is 2.16. The Morgan fingerprint density at radius 3 is 1.87 bits per heavy atom. The summed E-state index contributed by atoms with van der Waals surface area (Å²) >= 11 is 0. The van der Waals surface area contributed by atoms with Crippen LogP contribution in [0.4, 0.5) is 11.4 Å². The second-order valence-electron chi connectivity index (χ2n) is 7.47. The van der Waals surface area contributed by atoms with Crippen LogP contribution in [0.1, 0.15) is 31.2 Å². The molecule has 1 N–H and O–H groups in total. The maximum atomic E-state index is 5.08. The second-order valence-corrected chi connectivity index (χ2v) is 7.47. The Labute approximate surface area is 179 Å². The van der Waals surface area contributed by atoms with Crippen molar-refractivity contribution in [2.75, 3.05) is 18.4 Å². The van der Waals surface area contributed by atoms with Crippen molar-refractivity contribution in [1.82, 2.24) is 4.90 Å². The normalized spacial score (nSPS) is 15.5. The number of hydrogen-bond donors (Lipinski definition) is 1. The zero-order valence-corrected chi connectivity index (χ0v) is 17.2. The minimum atomic E-state index is 0.769. The van der Waals surface area contributed by atoms with Gasteiger partial charge in [-0.3, -0.25) is 0 Å². The summed E-state index contributed by atoms with van der Waals surface area (Å²) in [5.74, 6) is 1.58. The minimum Gasteiger partial charge on any atom is -0.341 e. The van der Waals surface area contributed by atoms with Crippen molar-refractivity contribution < 1.29 is 0 Å². The fourth-order valence-electron chi connectivity index (χ4n) is 3.57. The third-order valence-electron chi connectivity index (χ3n) is 5.17. The van der Waals surface area contributed by atoms with E-state index >= 15 is 0 Å². The van der Waals surface area contributed by atoms with Crippen LogP contribution < -0.4 is 5.32 Å². The molecular formula is C26H28N4. The molecule has 4 heteroatoms. The molecule has 1 aliphatic rings. The predicted molar refractivity (Wildman–Crippen MR) is 127 cm³/mol. The van der Waals surface area contributed by atoms with Gasteiger partial charge in [0.25, 0.3) is 0 Å². The molecule has 4 nitrogen and oxygen atoms in total. The zero-order chi connectivity index (χ0) is 20.4. The summed E-state index contributed by atoms with van der Waals surface area (Å²) < 4.78 is 0. The van der Waals surface area contributed by atoms with Crippen molar-refractivity contribution in [2.45, 2.75) is 25.7 Å². The van der Waals surface area contributed by atoms with Gasteiger partial charge in [0.2, 0.25) is 5.96 Å². The molecule has 3 aromatic rings. The first-order valence-electron chi connectivity index (χ1n) is 10.7. The number of amidine groups is 1. The molecule has 1 heterocycles. The van der Waals surface area contributed by atoms with Crippen LogP contribution in [-0.2, 0) is 0 Å². The van der Waals surface area contributed by atoms with Crippen LogP contribution in [0.2, 0.25) is 0 Å². The number of rotatable bonds is 3. The summed E-state index contributed by atoms with van der Waals surface area (Å²) in [6, 6.07) is 30.5. The van der Waals surface area contributed by atoms with Crippen LogP contribution >= 0.6 is 0 Å². The molecule has 1 fully saturated rings. The van der Waals surface area contributed by atoms with E-state index in [1.807, 2.05) is 66.7 Å². The van der Waals surface area contributed by atoms with Crippen molar-refractivity contribution in [3.05, 3.63) is 96.6 Å². The Kier molecular flexibility index (Phi) is 6.90. The highest BCUT2D eigenvalue weighted by molar-refractivity contribution is 6.13. The fraction of sp³-hybridized carbons (Fsp3) is 0.231. The topological polar surface area (TPSA) is 40.0 Å². The standard InChI is InChI=1S/C26H28N4/c1-2-13-21-30(20-12-1)26(28-24-18-10-5-11-19-24)29-25(22-14-6-3-7-15-22)27-23-16-8-4-9-17-23/h3-11,14-19H,1-2,12-13,20-21H2,(H,27,28,29). The van der Waals surface area contributed by atoms with E-state index in [0.717, 1.165) is 41.8 Å². The third kappa shape index (κ3) is 5.57. The number of aliphatic imine (C=N–C) groups is 2. The quantitative estimate of drug-likeness (QED) is 0.429. The lowest BCUT2D eigenvalue weighted by molar-refractivity contribution is 0.431. The maximum Gasteiger partial charge on any atom is 0.227 e. The zero-order valence-electron chi connectivity index (χ0n) is 17.2. The van der Waals surface area contributed by atoms with Gasteiger partial charge in [0.05, 0.1) is 5.69 Å². The lowest BCUT2D eigenvalue weighted by Gasteiger charge is -2.22. The molecule has 1 aliphatic heterocycles. The van der Waals surface area contributed by atoms with Crippen LogP contribution in [0.3, 0.4) is 0 Å². The van der Waals surface area contributed by atoms with Gasteiger partial charge < -0.3 is 10.2 Å². The van der Waals surface area contributed by atoms with E-state index in [9.17, 15) is 0 Å². The predicted octanol–water partition coefficient (Wildman–Crippen LogP) is 6.11. The number of para-hydroxylation sites is 2. The molecule has 0 atom stereocenters. The van der Waals surface area contributed by atoms with Gasteiger partial charge in [-0.1, -0.05) is 79.6 Å². The number of nitrogens with one attached hydrogen (secondary N) is 1. The highest BCUT2D eigenvalue weighted by Crippen LogP contribution is 2.17. The first-order chi connectivity index (χ1) is 14.9. The number of nitrogens with zero attached hydrogens (tertiary/aromatic N) is 3. The lowest BCUT2D eigenvalue weighted by Crippen LogP contribution is -2.32. The van der Waals surface area contributed by atoms with Gasteiger partial charge >= 0.3 is 0 Å². The largest absolute Gasteiger partial charge is 0.341 e. The SMILES string of the molecule is c1ccc(N=C(/N=C(\Nc2ccccc2)c2ccccc2)N2CCCCCC2)cc1. The number of likely N-dealkylation sites (tertiary alicyclic amines) is 1. The van der Waals surface area contributed by atoms with Crippen LogP contribution in [0, 0.1) is 0 Å². The molecule has 0 aliphatic carbocycles. The van der Waals surface area contributed by atoms with Crippen molar-refractivity contribution in [3.63, 3.8) is 0 Å². The summed E-state index contributed by atoms with van der Waals surface area (Å²) in [5.41, 5.74) is 2.97. The summed E-state index contributed by atoms with van der Waals surface area (Å²) in [4.78, 5) is 12.4. The van der Waals surface area contributed by atoms with E-state index < -0.39 is 0 Å². The van der Waals surface area contributed by atoms with E-state index in [2.05, 4.69) is 34.5 Å². The Hall–Kier alpha value is -3.40. The molecule has 0 bridgehead atoms. The van der Waals surface area contributed by atoms with Crippen molar-refractivity contribution >= 4 is 23.2 Å². The van der Waals surface area contributed by atoms with Crippen LogP contribution in [0.5, 0.6) is 0 Å². The highest BCUT2D eigenvalue weighted by atomic mass is 15.3. The average molecular weight is 397 g/mol. The van der Waals surface area contributed by atoms with Gasteiger partial charge in [0.15, 0.2) is 0 Å². The smallest absolute Gasteiger partial charge is 0.227 e. The van der Waals surface area contributed by atoms with Crippen LogP contribution in [-0.4, -0.2) is 29.8 Å². The lowest BCUT2D eigenvalue weighted by atomic mass is 10.2. The number of hydrogen-bond acceptors (Lipinski definition) is 1. The van der Waals surface area contributed by atoms with Gasteiger partial charge in [-0.2, -0.15) is 4.99 Å². The Balaban J connectivity index is 1.75. The summed E-state index contributed by atoms with van der Waals surface area (Å²) in [6.45, 7) is 1.98. The molecule has 0 radical (unpaired) electrons. The van der Waals surface area contributed by atoms with E-state index in [-0.39, 0.29) is 0 Å². The Morgan fingerprint density at radius 1 is 0.667 bits per heavy atom. The van der Waals surface area contributed by atoms with Crippen LogP contribution in [0.25, 0.3) is 0 Å². The monoisotopic (exact) mass is 396 g/mol.